The molecule has 0 spiro atoms. The Hall–Kier alpha value is -1.30. The van der Waals surface area contributed by atoms with Gasteiger partial charge in [-0.25, -0.2) is 9.59 Å². The van der Waals surface area contributed by atoms with Gasteiger partial charge < -0.3 is 20.5 Å². The zero-order valence-electron chi connectivity index (χ0n) is 10.9. The van der Waals surface area contributed by atoms with Gasteiger partial charge in [0, 0.05) is 13.2 Å². The van der Waals surface area contributed by atoms with E-state index in [1.807, 2.05) is 0 Å². The van der Waals surface area contributed by atoms with E-state index >= 15 is 0 Å². The summed E-state index contributed by atoms with van der Waals surface area (Å²) in [6.07, 6.45) is 2.48. The van der Waals surface area contributed by atoms with Crippen molar-refractivity contribution in [1.29, 1.82) is 0 Å². The predicted molar refractivity (Wildman–Crippen MR) is 66.3 cm³/mol. The largest absolute Gasteiger partial charge is 0.480 e. The van der Waals surface area contributed by atoms with Crippen molar-refractivity contribution < 1.29 is 19.4 Å². The van der Waals surface area contributed by atoms with E-state index in [-0.39, 0.29) is 5.92 Å². The molecule has 1 aliphatic rings. The van der Waals surface area contributed by atoms with Gasteiger partial charge in [-0.1, -0.05) is 13.8 Å². The Morgan fingerprint density at radius 1 is 1.39 bits per heavy atom. The molecule has 0 aliphatic heterocycles. The Morgan fingerprint density at radius 3 is 2.56 bits per heavy atom. The second kappa shape index (κ2) is 7.20. The Balaban J connectivity index is 2.08. The number of carboxylic acid groups (broad SMARTS) is 1. The molecule has 1 atom stereocenters. The fourth-order valence-corrected chi connectivity index (χ4v) is 1.48. The van der Waals surface area contributed by atoms with Crippen molar-refractivity contribution in [3.05, 3.63) is 0 Å². The van der Waals surface area contributed by atoms with Gasteiger partial charge in [0.1, 0.15) is 6.04 Å². The molecule has 1 fully saturated rings. The highest BCUT2D eigenvalue weighted by Crippen LogP contribution is 2.28. The summed E-state index contributed by atoms with van der Waals surface area (Å²) in [6.45, 7) is 5.11. The molecule has 0 heterocycles. The van der Waals surface area contributed by atoms with Crippen LogP contribution >= 0.6 is 0 Å². The highest BCUT2D eigenvalue weighted by molar-refractivity contribution is 5.82. The summed E-state index contributed by atoms with van der Waals surface area (Å²) in [5.74, 6) is -0.472. The average molecular weight is 258 g/mol. The monoisotopic (exact) mass is 258 g/mol. The maximum absolute atomic E-state index is 11.4. The third-order valence-electron chi connectivity index (χ3n) is 2.80. The summed E-state index contributed by atoms with van der Waals surface area (Å²) in [5.41, 5.74) is 0. The zero-order chi connectivity index (χ0) is 13.5. The highest BCUT2D eigenvalue weighted by atomic mass is 16.5. The second-order valence-electron chi connectivity index (χ2n) is 4.98. The van der Waals surface area contributed by atoms with Gasteiger partial charge in [0.05, 0.1) is 6.61 Å². The van der Waals surface area contributed by atoms with Crippen LogP contribution in [-0.2, 0) is 9.53 Å². The first-order valence-electron chi connectivity index (χ1n) is 6.35. The third-order valence-corrected chi connectivity index (χ3v) is 2.80. The number of hydrogen-bond acceptors (Lipinski definition) is 3. The Morgan fingerprint density at radius 2 is 2.06 bits per heavy atom. The number of aliphatic carboxylic acids is 1. The molecule has 104 valence electrons. The number of ether oxygens (including phenoxy) is 1. The molecule has 0 saturated heterocycles. The number of carbonyl (C=O) groups is 2. The summed E-state index contributed by atoms with van der Waals surface area (Å²) in [4.78, 5) is 22.3. The highest BCUT2D eigenvalue weighted by Gasteiger charge is 2.23. The standard InChI is InChI=1S/C12H22N2O4/c1-8(2)10(11(15)16)14-12(17)13-5-6-18-7-9-3-4-9/h8-10H,3-7H2,1-2H3,(H,15,16)(H2,13,14,17). The van der Waals surface area contributed by atoms with E-state index in [1.165, 1.54) is 12.8 Å². The molecule has 3 N–H and O–H groups in total. The van der Waals surface area contributed by atoms with Crippen molar-refractivity contribution >= 4 is 12.0 Å². The van der Waals surface area contributed by atoms with Crippen LogP contribution in [-0.4, -0.2) is 42.9 Å². The molecule has 1 unspecified atom stereocenters. The lowest BCUT2D eigenvalue weighted by Crippen LogP contribution is -2.49. The molecule has 0 radical (unpaired) electrons. The van der Waals surface area contributed by atoms with Crippen molar-refractivity contribution in [2.45, 2.75) is 32.7 Å². The molecule has 1 aliphatic carbocycles. The quantitative estimate of drug-likeness (QED) is 0.562. The summed E-state index contributed by atoms with van der Waals surface area (Å²) in [7, 11) is 0. The van der Waals surface area contributed by atoms with Crippen LogP contribution in [0.2, 0.25) is 0 Å². The minimum atomic E-state index is -1.02. The van der Waals surface area contributed by atoms with Gasteiger partial charge in [0.2, 0.25) is 0 Å². The van der Waals surface area contributed by atoms with Gasteiger partial charge >= 0.3 is 12.0 Å². The smallest absolute Gasteiger partial charge is 0.326 e. The molecule has 6 heteroatoms. The number of urea groups is 1. The molecule has 0 bridgehead atoms. The molecule has 0 aromatic rings. The fraction of sp³-hybridized carbons (Fsp3) is 0.833. The van der Waals surface area contributed by atoms with Crippen LogP contribution < -0.4 is 10.6 Å². The molecule has 18 heavy (non-hydrogen) atoms. The maximum atomic E-state index is 11.4. The Kier molecular flexibility index (Phi) is 5.91. The van der Waals surface area contributed by atoms with Crippen molar-refractivity contribution in [1.82, 2.24) is 10.6 Å². The van der Waals surface area contributed by atoms with Crippen molar-refractivity contribution in [2.24, 2.45) is 11.8 Å². The van der Waals surface area contributed by atoms with Crippen LogP contribution in [0.1, 0.15) is 26.7 Å². The number of rotatable bonds is 8. The summed E-state index contributed by atoms with van der Waals surface area (Å²) in [6, 6.07) is -1.33. The maximum Gasteiger partial charge on any atom is 0.326 e. The van der Waals surface area contributed by atoms with Gasteiger partial charge in [-0.3, -0.25) is 0 Å². The summed E-state index contributed by atoms with van der Waals surface area (Å²) >= 11 is 0. The Bertz CT molecular complexity index is 290. The molecular formula is C12H22N2O4. The van der Waals surface area contributed by atoms with Gasteiger partial charge in [-0.2, -0.15) is 0 Å². The molecule has 2 amide bonds. The van der Waals surface area contributed by atoms with Gasteiger partial charge in [-0.15, -0.1) is 0 Å². The average Bonchev–Trinajstić information content (AvgIpc) is 3.08. The zero-order valence-corrected chi connectivity index (χ0v) is 10.9. The van der Waals surface area contributed by atoms with Crippen molar-refractivity contribution in [2.75, 3.05) is 19.8 Å². The molecule has 0 aromatic heterocycles. The normalized spacial score (nSPS) is 16.4. The van der Waals surface area contributed by atoms with Crippen LogP contribution in [0, 0.1) is 11.8 Å². The van der Waals surface area contributed by atoms with Gasteiger partial charge in [0.25, 0.3) is 0 Å². The predicted octanol–water partition coefficient (Wildman–Crippen LogP) is 0.821. The lowest BCUT2D eigenvalue weighted by atomic mass is 10.1. The van der Waals surface area contributed by atoms with Crippen LogP contribution in [0.15, 0.2) is 0 Å². The molecule has 1 rings (SSSR count). The lowest BCUT2D eigenvalue weighted by Gasteiger charge is -2.18. The Labute approximate surface area is 107 Å². The van der Waals surface area contributed by atoms with Crippen LogP contribution in [0.4, 0.5) is 4.79 Å². The number of amides is 2. The van der Waals surface area contributed by atoms with Crippen LogP contribution in [0.3, 0.4) is 0 Å². The number of carboxylic acids is 1. The van der Waals surface area contributed by atoms with E-state index in [0.29, 0.717) is 19.1 Å². The van der Waals surface area contributed by atoms with Crippen molar-refractivity contribution in [3.63, 3.8) is 0 Å². The minimum Gasteiger partial charge on any atom is -0.480 e. The first-order valence-corrected chi connectivity index (χ1v) is 6.35. The topological polar surface area (TPSA) is 87.7 Å². The minimum absolute atomic E-state index is 0.153. The van der Waals surface area contributed by atoms with Gasteiger partial charge in [0.15, 0.2) is 0 Å². The van der Waals surface area contributed by atoms with E-state index in [2.05, 4.69) is 10.6 Å². The van der Waals surface area contributed by atoms with E-state index in [4.69, 9.17) is 9.84 Å². The first kappa shape index (κ1) is 14.8. The molecule has 1 saturated carbocycles. The number of hydrogen-bond donors (Lipinski definition) is 3. The molecular weight excluding hydrogens is 236 g/mol. The summed E-state index contributed by atoms with van der Waals surface area (Å²) in [5, 5.41) is 13.9. The first-order chi connectivity index (χ1) is 8.50. The van der Waals surface area contributed by atoms with E-state index in [1.54, 1.807) is 13.8 Å². The second-order valence-corrected chi connectivity index (χ2v) is 4.98. The number of carbonyl (C=O) groups excluding carboxylic acids is 1. The summed E-state index contributed by atoms with van der Waals surface area (Å²) < 4.78 is 5.35. The van der Waals surface area contributed by atoms with Crippen molar-refractivity contribution in [3.8, 4) is 0 Å². The van der Waals surface area contributed by atoms with E-state index in [9.17, 15) is 9.59 Å². The third kappa shape index (κ3) is 5.86. The fourth-order valence-electron chi connectivity index (χ4n) is 1.48. The van der Waals surface area contributed by atoms with Crippen LogP contribution in [0.5, 0.6) is 0 Å². The number of nitrogens with one attached hydrogen (secondary N) is 2. The SMILES string of the molecule is CC(C)C(NC(=O)NCCOCC1CC1)C(=O)O. The van der Waals surface area contributed by atoms with Gasteiger partial charge in [-0.05, 0) is 24.7 Å². The lowest BCUT2D eigenvalue weighted by molar-refractivity contribution is -0.140. The molecule has 6 nitrogen and oxygen atoms in total. The van der Waals surface area contributed by atoms with E-state index < -0.39 is 18.0 Å². The van der Waals surface area contributed by atoms with E-state index in [0.717, 1.165) is 6.61 Å². The van der Waals surface area contributed by atoms with Crippen LogP contribution in [0.25, 0.3) is 0 Å². The molecule has 0 aromatic carbocycles.